The highest BCUT2D eigenvalue weighted by atomic mass is 16.5. The SMILES string of the molecule is CCOC(=O)c1nc(-c2ccnc(OC)c2)oc1N. The van der Waals surface area contributed by atoms with Crippen LogP contribution in [0.2, 0.25) is 0 Å². The second-order valence-corrected chi connectivity index (χ2v) is 3.54. The number of hydrogen-bond donors (Lipinski definition) is 1. The van der Waals surface area contributed by atoms with Gasteiger partial charge < -0.3 is 19.6 Å². The Morgan fingerprint density at radius 1 is 1.53 bits per heavy atom. The van der Waals surface area contributed by atoms with Crippen molar-refractivity contribution in [3.8, 4) is 17.3 Å². The molecule has 0 bridgehead atoms. The molecule has 0 aliphatic rings. The third-order valence-electron chi connectivity index (χ3n) is 2.31. The molecule has 0 atom stereocenters. The van der Waals surface area contributed by atoms with Gasteiger partial charge in [-0.25, -0.2) is 9.78 Å². The highest BCUT2D eigenvalue weighted by molar-refractivity contribution is 5.92. The maximum atomic E-state index is 11.6. The predicted octanol–water partition coefficient (Wildman–Crippen LogP) is 1.50. The van der Waals surface area contributed by atoms with Crippen molar-refractivity contribution in [2.45, 2.75) is 6.92 Å². The number of oxazole rings is 1. The van der Waals surface area contributed by atoms with Gasteiger partial charge in [0.15, 0.2) is 0 Å². The minimum absolute atomic E-state index is 0.0346. The number of nitrogen functional groups attached to an aromatic ring is 1. The Labute approximate surface area is 109 Å². The number of methoxy groups -OCH3 is 1. The summed E-state index contributed by atoms with van der Waals surface area (Å²) in [6, 6.07) is 3.29. The fourth-order valence-electron chi connectivity index (χ4n) is 1.46. The number of carbonyl (C=O) groups excluding carboxylic acids is 1. The topological polar surface area (TPSA) is 100 Å². The molecule has 0 radical (unpaired) electrons. The average molecular weight is 263 g/mol. The van der Waals surface area contributed by atoms with Gasteiger partial charge >= 0.3 is 5.97 Å². The van der Waals surface area contributed by atoms with Crippen molar-refractivity contribution in [2.75, 3.05) is 19.5 Å². The van der Waals surface area contributed by atoms with Crippen LogP contribution >= 0.6 is 0 Å². The first-order valence-corrected chi connectivity index (χ1v) is 5.59. The number of nitrogens with zero attached hydrogens (tertiary/aromatic N) is 2. The van der Waals surface area contributed by atoms with E-state index in [1.807, 2.05) is 0 Å². The van der Waals surface area contributed by atoms with Gasteiger partial charge in [-0.1, -0.05) is 0 Å². The molecule has 0 spiro atoms. The second kappa shape index (κ2) is 5.38. The van der Waals surface area contributed by atoms with E-state index in [0.29, 0.717) is 11.4 Å². The lowest BCUT2D eigenvalue weighted by Gasteiger charge is -1.99. The summed E-state index contributed by atoms with van der Waals surface area (Å²) in [4.78, 5) is 19.6. The first-order chi connectivity index (χ1) is 9.15. The Balaban J connectivity index is 2.36. The molecule has 0 saturated carbocycles. The minimum atomic E-state index is -0.615. The molecular weight excluding hydrogens is 250 g/mol. The van der Waals surface area contributed by atoms with E-state index in [2.05, 4.69) is 9.97 Å². The zero-order valence-electron chi connectivity index (χ0n) is 10.5. The van der Waals surface area contributed by atoms with Crippen LogP contribution in [0.4, 0.5) is 5.88 Å². The van der Waals surface area contributed by atoms with Crippen molar-refractivity contribution in [2.24, 2.45) is 0 Å². The molecule has 0 aliphatic heterocycles. The van der Waals surface area contributed by atoms with Crippen LogP contribution in [0.3, 0.4) is 0 Å². The summed E-state index contributed by atoms with van der Waals surface area (Å²) in [6.07, 6.45) is 1.54. The van der Waals surface area contributed by atoms with Crippen molar-refractivity contribution in [1.29, 1.82) is 0 Å². The lowest BCUT2D eigenvalue weighted by Crippen LogP contribution is -2.07. The van der Waals surface area contributed by atoms with Crippen LogP contribution in [0.15, 0.2) is 22.7 Å². The zero-order chi connectivity index (χ0) is 13.8. The molecule has 100 valence electrons. The quantitative estimate of drug-likeness (QED) is 0.834. The molecule has 2 aromatic rings. The Morgan fingerprint density at radius 2 is 2.32 bits per heavy atom. The van der Waals surface area contributed by atoms with Crippen LogP contribution < -0.4 is 10.5 Å². The van der Waals surface area contributed by atoms with Crippen LogP contribution in [-0.2, 0) is 4.74 Å². The van der Waals surface area contributed by atoms with E-state index >= 15 is 0 Å². The van der Waals surface area contributed by atoms with Crippen LogP contribution in [0.25, 0.3) is 11.5 Å². The van der Waals surface area contributed by atoms with E-state index < -0.39 is 5.97 Å². The molecule has 0 amide bonds. The number of rotatable bonds is 4. The summed E-state index contributed by atoms with van der Waals surface area (Å²) in [5.41, 5.74) is 6.17. The van der Waals surface area contributed by atoms with Gasteiger partial charge in [-0.05, 0) is 13.0 Å². The molecule has 19 heavy (non-hydrogen) atoms. The first kappa shape index (κ1) is 12.9. The number of carbonyl (C=O) groups is 1. The molecule has 0 unspecified atom stereocenters. The number of anilines is 1. The van der Waals surface area contributed by atoms with Crippen LogP contribution in [0.1, 0.15) is 17.4 Å². The number of ether oxygens (including phenoxy) is 2. The van der Waals surface area contributed by atoms with Gasteiger partial charge in [-0.3, -0.25) is 0 Å². The number of pyridine rings is 1. The summed E-state index contributed by atoms with van der Waals surface area (Å²) in [5, 5.41) is 0. The van der Waals surface area contributed by atoms with E-state index in [9.17, 15) is 4.79 Å². The molecule has 0 aromatic carbocycles. The predicted molar refractivity (Wildman–Crippen MR) is 66.7 cm³/mol. The van der Waals surface area contributed by atoms with Crippen LogP contribution in [0, 0.1) is 0 Å². The highest BCUT2D eigenvalue weighted by Gasteiger charge is 2.20. The van der Waals surface area contributed by atoms with E-state index in [0.717, 1.165) is 0 Å². The molecule has 2 heterocycles. The normalized spacial score (nSPS) is 10.2. The Kier molecular flexibility index (Phi) is 3.65. The molecule has 2 aromatic heterocycles. The molecule has 2 N–H and O–H groups in total. The molecular formula is C12H13N3O4. The third kappa shape index (κ3) is 2.65. The molecule has 7 nitrogen and oxygen atoms in total. The lowest BCUT2D eigenvalue weighted by molar-refractivity contribution is 0.0521. The van der Waals surface area contributed by atoms with Crippen LogP contribution in [-0.4, -0.2) is 29.7 Å². The summed E-state index contributed by atoms with van der Waals surface area (Å²) in [5.74, 6) is -0.0755. The van der Waals surface area contributed by atoms with Gasteiger partial charge in [0.25, 0.3) is 0 Å². The van der Waals surface area contributed by atoms with Crippen molar-refractivity contribution < 1.29 is 18.7 Å². The standard InChI is InChI=1S/C12H13N3O4/c1-3-18-12(16)9-10(13)19-11(15-9)7-4-5-14-8(6-7)17-2/h4-6H,3,13H2,1-2H3. The second-order valence-electron chi connectivity index (χ2n) is 3.54. The van der Waals surface area contributed by atoms with Crippen molar-refractivity contribution in [3.63, 3.8) is 0 Å². The summed E-state index contributed by atoms with van der Waals surface area (Å²) < 4.78 is 15.1. The van der Waals surface area contributed by atoms with Gasteiger partial charge in [0.05, 0.1) is 13.7 Å². The highest BCUT2D eigenvalue weighted by Crippen LogP contribution is 2.25. The fourth-order valence-corrected chi connectivity index (χ4v) is 1.46. The van der Waals surface area contributed by atoms with Gasteiger partial charge in [-0.2, -0.15) is 4.98 Å². The maximum absolute atomic E-state index is 11.6. The summed E-state index contributed by atoms with van der Waals surface area (Å²) in [7, 11) is 1.50. The average Bonchev–Trinajstić information content (AvgIpc) is 2.81. The van der Waals surface area contributed by atoms with Crippen molar-refractivity contribution in [3.05, 3.63) is 24.0 Å². The van der Waals surface area contributed by atoms with Crippen LogP contribution in [0.5, 0.6) is 5.88 Å². The Bertz CT molecular complexity index is 594. The van der Waals surface area contributed by atoms with Gasteiger partial charge in [0, 0.05) is 17.8 Å². The molecule has 7 heteroatoms. The first-order valence-electron chi connectivity index (χ1n) is 5.59. The monoisotopic (exact) mass is 263 g/mol. The number of hydrogen-bond acceptors (Lipinski definition) is 7. The van der Waals surface area contributed by atoms with Crippen molar-refractivity contribution >= 4 is 11.9 Å². The zero-order valence-corrected chi connectivity index (χ0v) is 10.5. The third-order valence-corrected chi connectivity index (χ3v) is 2.31. The minimum Gasteiger partial charge on any atom is -0.481 e. The fraction of sp³-hybridized carbons (Fsp3) is 0.250. The largest absolute Gasteiger partial charge is 0.481 e. The summed E-state index contributed by atoms with van der Waals surface area (Å²) in [6.45, 7) is 1.94. The number of esters is 1. The lowest BCUT2D eigenvalue weighted by atomic mass is 10.2. The molecule has 0 fully saturated rings. The number of nitrogens with two attached hydrogens (primary N) is 1. The maximum Gasteiger partial charge on any atom is 0.362 e. The van der Waals surface area contributed by atoms with E-state index in [1.165, 1.54) is 7.11 Å². The molecule has 2 rings (SSSR count). The van der Waals surface area contributed by atoms with E-state index in [1.54, 1.807) is 25.3 Å². The Hall–Kier alpha value is -2.57. The molecule has 0 aliphatic carbocycles. The summed E-state index contributed by atoms with van der Waals surface area (Å²) >= 11 is 0. The van der Waals surface area contributed by atoms with E-state index in [-0.39, 0.29) is 24.1 Å². The van der Waals surface area contributed by atoms with E-state index in [4.69, 9.17) is 19.6 Å². The van der Waals surface area contributed by atoms with Gasteiger partial charge in [-0.15, -0.1) is 0 Å². The smallest absolute Gasteiger partial charge is 0.362 e. The van der Waals surface area contributed by atoms with Gasteiger partial charge in [0.2, 0.25) is 23.3 Å². The van der Waals surface area contributed by atoms with Crippen molar-refractivity contribution in [1.82, 2.24) is 9.97 Å². The number of aromatic nitrogens is 2. The van der Waals surface area contributed by atoms with Gasteiger partial charge in [0.1, 0.15) is 0 Å². The Morgan fingerprint density at radius 3 is 3.00 bits per heavy atom. The molecule has 0 saturated heterocycles.